The summed E-state index contributed by atoms with van der Waals surface area (Å²) in [6.07, 6.45) is 7.82. The fourth-order valence-electron chi connectivity index (χ4n) is 10.1. The van der Waals surface area contributed by atoms with E-state index in [1.807, 2.05) is 68.6 Å². The lowest BCUT2D eigenvalue weighted by molar-refractivity contribution is -0.130. The van der Waals surface area contributed by atoms with Crippen LogP contribution in [0.1, 0.15) is 44.6 Å². The van der Waals surface area contributed by atoms with Crippen LogP contribution in [0.3, 0.4) is 0 Å². The molecule has 394 valence electrons. The standard InChI is InChI=1S/C54H55F2N11O8S/c1-32(2)39-28-41(48(69)29-47(39)68)51-60-61-54(72)67(51)38-6-8-45-35(24-38)14-19-63(45)16-11-33-12-17-66(18-13-33)53(71)59-31-50(70)65-22-20-64(21-23-65)46-10-15-57-43-7-4-34(25-40(43)46)36-26-44(52(75-3)58-30-36)62-76(73,74)49-9-5-37(55)27-42(49)56/h4-10,14-15,19,24-30,32-33,62,68-69H,11-13,16-18,20-23,31H2,1-3H3,(H,59,71)(H,61,72). The molecule has 0 saturated carbocycles. The Kier molecular flexibility index (Phi) is 14.1. The summed E-state index contributed by atoms with van der Waals surface area (Å²) in [6.45, 7) is 7.54. The van der Waals surface area contributed by atoms with Gasteiger partial charge in [-0.3, -0.25) is 14.5 Å². The number of sulfonamides is 1. The third kappa shape index (κ3) is 10.3. The van der Waals surface area contributed by atoms with Crippen molar-refractivity contribution in [2.24, 2.45) is 5.92 Å². The van der Waals surface area contributed by atoms with Gasteiger partial charge < -0.3 is 39.5 Å². The molecule has 76 heavy (non-hydrogen) atoms. The number of methoxy groups -OCH3 is 1. The van der Waals surface area contributed by atoms with Crippen molar-refractivity contribution in [3.05, 3.63) is 131 Å². The molecule has 0 atom stereocenters. The third-order valence-electron chi connectivity index (χ3n) is 14.3. The molecule has 2 aliphatic heterocycles. The van der Waals surface area contributed by atoms with Crippen LogP contribution in [-0.2, 0) is 21.4 Å². The second-order valence-electron chi connectivity index (χ2n) is 19.3. The summed E-state index contributed by atoms with van der Waals surface area (Å²) in [5, 5.41) is 32.4. The van der Waals surface area contributed by atoms with Crippen LogP contribution >= 0.6 is 0 Å². The number of piperidine rings is 1. The van der Waals surface area contributed by atoms with E-state index in [0.29, 0.717) is 84.7 Å². The van der Waals surface area contributed by atoms with Gasteiger partial charge in [-0.15, -0.1) is 0 Å². The smallest absolute Gasteiger partial charge is 0.348 e. The quantitative estimate of drug-likeness (QED) is 0.0710. The van der Waals surface area contributed by atoms with Gasteiger partial charge in [0.15, 0.2) is 5.82 Å². The van der Waals surface area contributed by atoms with Crippen LogP contribution < -0.4 is 25.4 Å². The number of fused-ring (bicyclic) bond motifs is 2. The highest BCUT2D eigenvalue weighted by molar-refractivity contribution is 7.92. The molecule has 2 aliphatic rings. The molecule has 10 rings (SSSR count). The van der Waals surface area contributed by atoms with E-state index >= 15 is 0 Å². The van der Waals surface area contributed by atoms with Gasteiger partial charge in [-0.2, -0.15) is 5.10 Å². The number of aromatic hydroxyl groups is 2. The van der Waals surface area contributed by atoms with Gasteiger partial charge in [0.05, 0.1) is 30.4 Å². The average Bonchev–Trinajstić information content (AvgIpc) is 4.01. The molecule has 22 heteroatoms. The van der Waals surface area contributed by atoms with E-state index in [-0.39, 0.29) is 53.3 Å². The minimum atomic E-state index is -4.50. The van der Waals surface area contributed by atoms with Crippen molar-refractivity contribution in [2.75, 3.05) is 62.5 Å². The number of rotatable bonds is 14. The summed E-state index contributed by atoms with van der Waals surface area (Å²) in [6, 6.07) is 21.5. The number of ether oxygens (including phenoxy) is 1. The first-order chi connectivity index (χ1) is 36.5. The van der Waals surface area contributed by atoms with Gasteiger partial charge in [-0.1, -0.05) is 19.9 Å². The van der Waals surface area contributed by atoms with Crippen LogP contribution in [0.4, 0.5) is 25.0 Å². The number of aromatic nitrogens is 6. The zero-order chi connectivity index (χ0) is 53.4. The molecule has 6 heterocycles. The average molecular weight is 1060 g/mol. The Labute approximate surface area is 435 Å². The Morgan fingerprint density at radius 1 is 0.868 bits per heavy atom. The van der Waals surface area contributed by atoms with Crippen LogP contribution in [0.15, 0.2) is 113 Å². The van der Waals surface area contributed by atoms with Gasteiger partial charge in [0, 0.05) is 104 Å². The molecule has 2 saturated heterocycles. The highest BCUT2D eigenvalue weighted by Crippen LogP contribution is 2.38. The zero-order valence-corrected chi connectivity index (χ0v) is 42.7. The number of likely N-dealkylation sites (tertiary alicyclic amines) is 1. The Hall–Kier alpha value is -8.53. The molecule has 0 spiro atoms. The lowest BCUT2D eigenvalue weighted by Crippen LogP contribution is -2.52. The minimum absolute atomic E-state index is 0.0294. The number of urea groups is 1. The maximum atomic E-state index is 14.5. The number of nitrogens with zero attached hydrogens (tertiary/aromatic N) is 8. The Morgan fingerprint density at radius 2 is 1.66 bits per heavy atom. The maximum absolute atomic E-state index is 14.5. The number of piperazine rings is 1. The Balaban J connectivity index is 0.706. The minimum Gasteiger partial charge on any atom is -0.508 e. The number of hydrogen-bond donors (Lipinski definition) is 5. The van der Waals surface area contributed by atoms with Crippen LogP contribution in [0.5, 0.6) is 17.4 Å². The van der Waals surface area contributed by atoms with Gasteiger partial charge in [0.2, 0.25) is 11.8 Å². The Bertz CT molecular complexity index is 3700. The summed E-state index contributed by atoms with van der Waals surface area (Å²) in [5.74, 6) is -2.03. The summed E-state index contributed by atoms with van der Waals surface area (Å²) in [7, 11) is -3.18. The van der Waals surface area contributed by atoms with Crippen molar-refractivity contribution >= 4 is 55.1 Å². The summed E-state index contributed by atoms with van der Waals surface area (Å²) in [4.78, 5) is 53.5. The maximum Gasteiger partial charge on any atom is 0.348 e. The molecule has 0 bridgehead atoms. The molecule has 0 radical (unpaired) electrons. The molecule has 19 nitrogen and oxygen atoms in total. The molecule has 4 aromatic carbocycles. The van der Waals surface area contributed by atoms with Gasteiger partial charge in [-0.05, 0) is 109 Å². The first kappa shape index (κ1) is 51.0. The van der Waals surface area contributed by atoms with E-state index in [1.54, 1.807) is 22.1 Å². The van der Waals surface area contributed by atoms with E-state index in [1.165, 1.54) is 30.0 Å². The number of hydrogen-bond acceptors (Lipinski definition) is 12. The molecular formula is C54H55F2N11O8S. The highest BCUT2D eigenvalue weighted by Gasteiger charge is 2.28. The predicted molar refractivity (Wildman–Crippen MR) is 282 cm³/mol. The van der Waals surface area contributed by atoms with E-state index in [9.17, 15) is 41.8 Å². The van der Waals surface area contributed by atoms with Crippen molar-refractivity contribution in [1.82, 2.24) is 44.4 Å². The number of carbonyl (C=O) groups is 2. The van der Waals surface area contributed by atoms with Crippen molar-refractivity contribution in [3.8, 4) is 45.6 Å². The SMILES string of the molecule is COc1ncc(-c2ccc3nccc(N4CCN(C(=O)CNC(=O)N5CCC(CCn6ccc7cc(-n8c(-c9cc(C(C)C)c(O)cc9O)n[nH]c8=O)ccc76)CC5)CC4)c3c2)cc1NS(=O)(=O)c1ccc(F)cc1F. The number of phenolic OH excluding ortho intramolecular Hbond substituents is 2. The summed E-state index contributed by atoms with van der Waals surface area (Å²) in [5.41, 5.74) is 4.80. The fourth-order valence-corrected chi connectivity index (χ4v) is 11.2. The summed E-state index contributed by atoms with van der Waals surface area (Å²) < 4.78 is 65.6. The number of amides is 3. The number of aromatic amines is 1. The number of H-pyrrole nitrogens is 1. The first-order valence-corrected chi connectivity index (χ1v) is 26.3. The van der Waals surface area contributed by atoms with Crippen molar-refractivity contribution in [2.45, 2.75) is 50.5 Å². The number of carbonyl (C=O) groups excluding carboxylic acids is 2. The number of aryl methyl sites for hydroxylation is 1. The number of phenols is 2. The normalized spacial score (nSPS) is 14.5. The molecule has 2 fully saturated rings. The lowest BCUT2D eigenvalue weighted by atomic mass is 9.93. The highest BCUT2D eigenvalue weighted by atomic mass is 32.2. The largest absolute Gasteiger partial charge is 0.508 e. The van der Waals surface area contributed by atoms with Gasteiger partial charge in [-0.25, -0.2) is 41.4 Å². The monoisotopic (exact) mass is 1060 g/mol. The second-order valence-corrected chi connectivity index (χ2v) is 20.9. The second kappa shape index (κ2) is 21.0. The van der Waals surface area contributed by atoms with Gasteiger partial charge >= 0.3 is 11.7 Å². The van der Waals surface area contributed by atoms with E-state index in [0.717, 1.165) is 59.9 Å². The van der Waals surface area contributed by atoms with Crippen molar-refractivity contribution in [1.29, 1.82) is 0 Å². The number of anilines is 2. The van der Waals surface area contributed by atoms with Crippen molar-refractivity contribution in [3.63, 3.8) is 0 Å². The Morgan fingerprint density at radius 3 is 2.41 bits per heavy atom. The summed E-state index contributed by atoms with van der Waals surface area (Å²) >= 11 is 0. The lowest BCUT2D eigenvalue weighted by Gasteiger charge is -2.37. The first-order valence-electron chi connectivity index (χ1n) is 24.8. The third-order valence-corrected chi connectivity index (χ3v) is 15.7. The van der Waals surface area contributed by atoms with E-state index in [2.05, 4.69) is 39.7 Å². The van der Waals surface area contributed by atoms with Crippen molar-refractivity contribution < 1.29 is 41.7 Å². The number of nitrogens with one attached hydrogen (secondary N) is 3. The van der Waals surface area contributed by atoms with E-state index in [4.69, 9.17) is 4.74 Å². The molecule has 3 amide bonds. The predicted octanol–water partition coefficient (Wildman–Crippen LogP) is 7.58. The zero-order valence-electron chi connectivity index (χ0n) is 41.8. The number of pyridine rings is 2. The van der Waals surface area contributed by atoms with Crippen LogP contribution in [0, 0.1) is 17.6 Å². The molecular weight excluding hydrogens is 1000 g/mol. The number of halogens is 2. The fraction of sp³-hybridized carbons (Fsp3) is 0.296. The molecule has 0 unspecified atom stereocenters. The molecule has 5 N–H and O–H groups in total. The van der Waals surface area contributed by atoms with Gasteiger partial charge in [0.25, 0.3) is 10.0 Å². The van der Waals surface area contributed by atoms with Crippen LogP contribution in [-0.4, -0.2) is 123 Å². The topological polar surface area (TPSA) is 233 Å². The van der Waals surface area contributed by atoms with Gasteiger partial charge in [0.1, 0.15) is 33.7 Å². The van der Waals surface area contributed by atoms with Crippen LogP contribution in [0.25, 0.3) is 50.0 Å². The van der Waals surface area contributed by atoms with Crippen LogP contribution in [0.2, 0.25) is 0 Å². The van der Waals surface area contributed by atoms with E-state index < -0.39 is 32.2 Å². The molecule has 0 aliphatic carbocycles. The molecule has 8 aromatic rings. The molecule has 4 aromatic heterocycles. The number of benzene rings is 4.